The van der Waals surface area contributed by atoms with Crippen LogP contribution < -0.4 is 10.6 Å². The molecule has 4 aromatic rings. The van der Waals surface area contributed by atoms with Crippen LogP contribution in [0.25, 0.3) is 0 Å². The molecule has 2 N–H and O–H groups in total. The molecule has 1 heterocycles. The van der Waals surface area contributed by atoms with Crippen LogP contribution in [0.5, 0.6) is 0 Å². The molecule has 0 saturated carbocycles. The Balaban J connectivity index is 1.68. The van der Waals surface area contributed by atoms with E-state index in [9.17, 15) is 4.79 Å². The summed E-state index contributed by atoms with van der Waals surface area (Å²) >= 11 is 17.9. The summed E-state index contributed by atoms with van der Waals surface area (Å²) in [5.41, 5.74) is 2.02. The minimum absolute atomic E-state index is 0.299. The van der Waals surface area contributed by atoms with E-state index in [1.807, 2.05) is 24.3 Å². The number of nitrogens with zero attached hydrogens (tertiary/aromatic N) is 2. The number of rotatable bonds is 5. The maximum absolute atomic E-state index is 13.1. The SMILES string of the molecule is O=C(c1ccc(Cl)cc1)n1nc(Nc2ccc(Cl)cc2)cc1Nc1ccc(Cl)cc1. The third-order valence-electron chi connectivity index (χ3n) is 4.23. The third-order valence-corrected chi connectivity index (χ3v) is 4.98. The predicted octanol–water partition coefficient (Wildman–Crippen LogP) is 7.02. The number of carbonyl (C=O) groups is 1. The van der Waals surface area contributed by atoms with E-state index in [-0.39, 0.29) is 5.91 Å². The molecule has 0 radical (unpaired) electrons. The zero-order valence-electron chi connectivity index (χ0n) is 15.4. The lowest BCUT2D eigenvalue weighted by molar-refractivity contribution is 0.0948. The van der Waals surface area contributed by atoms with E-state index in [1.165, 1.54) is 4.68 Å². The van der Waals surface area contributed by atoms with Crippen LogP contribution in [-0.2, 0) is 0 Å². The van der Waals surface area contributed by atoms with Crippen LogP contribution in [0.15, 0.2) is 78.9 Å². The summed E-state index contributed by atoms with van der Waals surface area (Å²) < 4.78 is 1.30. The minimum Gasteiger partial charge on any atom is -0.340 e. The number of anilines is 4. The number of benzene rings is 3. The molecule has 0 aliphatic rings. The number of hydrogen-bond donors (Lipinski definition) is 2. The molecule has 4 rings (SSSR count). The Morgan fingerprint density at radius 2 is 1.17 bits per heavy atom. The summed E-state index contributed by atoms with van der Waals surface area (Å²) in [6.07, 6.45) is 0. The van der Waals surface area contributed by atoms with Crippen molar-refractivity contribution in [1.82, 2.24) is 9.78 Å². The minimum atomic E-state index is -0.299. The first-order valence-electron chi connectivity index (χ1n) is 8.93. The van der Waals surface area contributed by atoms with Crippen molar-refractivity contribution in [2.45, 2.75) is 0 Å². The van der Waals surface area contributed by atoms with Gasteiger partial charge in [0.05, 0.1) is 0 Å². The number of nitrogens with one attached hydrogen (secondary N) is 2. The lowest BCUT2D eigenvalue weighted by Crippen LogP contribution is -2.16. The molecule has 0 bridgehead atoms. The molecule has 0 unspecified atom stereocenters. The highest BCUT2D eigenvalue weighted by Crippen LogP contribution is 2.25. The lowest BCUT2D eigenvalue weighted by atomic mass is 10.2. The van der Waals surface area contributed by atoms with E-state index >= 15 is 0 Å². The first-order chi connectivity index (χ1) is 14.5. The quantitative estimate of drug-likeness (QED) is 0.338. The largest absolute Gasteiger partial charge is 0.340 e. The normalized spacial score (nSPS) is 10.6. The number of carbonyl (C=O) groups excluding carboxylic acids is 1. The molecule has 0 atom stereocenters. The van der Waals surface area contributed by atoms with E-state index in [0.717, 1.165) is 11.4 Å². The molecule has 3 aromatic carbocycles. The van der Waals surface area contributed by atoms with E-state index in [2.05, 4.69) is 15.7 Å². The van der Waals surface area contributed by atoms with Gasteiger partial charge in [-0.25, -0.2) is 0 Å². The molecule has 0 spiro atoms. The lowest BCUT2D eigenvalue weighted by Gasteiger charge is -2.09. The first kappa shape index (κ1) is 20.3. The first-order valence-corrected chi connectivity index (χ1v) is 10.1. The summed E-state index contributed by atoms with van der Waals surface area (Å²) in [5, 5.41) is 12.6. The van der Waals surface area contributed by atoms with Crippen molar-refractivity contribution in [1.29, 1.82) is 0 Å². The highest BCUT2D eigenvalue weighted by atomic mass is 35.5. The van der Waals surface area contributed by atoms with Gasteiger partial charge in [-0.15, -0.1) is 5.10 Å². The van der Waals surface area contributed by atoms with Crippen molar-refractivity contribution < 1.29 is 4.79 Å². The Bertz CT molecular complexity index is 1170. The molecular weight excluding hydrogens is 443 g/mol. The molecule has 0 aliphatic carbocycles. The maximum atomic E-state index is 13.1. The molecule has 30 heavy (non-hydrogen) atoms. The Hall–Kier alpha value is -2.99. The van der Waals surface area contributed by atoms with Gasteiger partial charge in [0.2, 0.25) is 0 Å². The van der Waals surface area contributed by atoms with E-state index in [0.29, 0.717) is 32.3 Å². The van der Waals surface area contributed by atoms with Gasteiger partial charge in [0, 0.05) is 38.1 Å². The van der Waals surface area contributed by atoms with Gasteiger partial charge in [-0.1, -0.05) is 34.8 Å². The summed E-state index contributed by atoms with van der Waals surface area (Å²) in [5.74, 6) is 0.692. The van der Waals surface area contributed by atoms with Crippen LogP contribution in [0.4, 0.5) is 23.0 Å². The molecule has 5 nitrogen and oxygen atoms in total. The average molecular weight is 458 g/mol. The Kier molecular flexibility index (Phi) is 5.95. The fourth-order valence-electron chi connectivity index (χ4n) is 2.76. The van der Waals surface area contributed by atoms with Gasteiger partial charge in [-0.3, -0.25) is 4.79 Å². The van der Waals surface area contributed by atoms with E-state index < -0.39 is 0 Å². The van der Waals surface area contributed by atoms with Crippen molar-refractivity contribution in [3.8, 4) is 0 Å². The van der Waals surface area contributed by atoms with Crippen LogP contribution in [0.3, 0.4) is 0 Å². The van der Waals surface area contributed by atoms with Crippen LogP contribution >= 0.6 is 34.8 Å². The number of halogens is 3. The molecule has 0 fully saturated rings. The standard InChI is InChI=1S/C22H15Cl3N4O/c23-15-3-1-14(2-4-15)22(30)29-21(27-19-11-7-17(25)8-12-19)13-20(28-29)26-18-9-5-16(24)6-10-18/h1-13,27H,(H,26,28). The molecule has 150 valence electrons. The molecule has 0 saturated heterocycles. The summed E-state index contributed by atoms with van der Waals surface area (Å²) in [6.45, 7) is 0. The molecule has 8 heteroatoms. The van der Waals surface area contributed by atoms with E-state index in [4.69, 9.17) is 34.8 Å². The second-order valence-corrected chi connectivity index (χ2v) is 7.71. The smallest absolute Gasteiger partial charge is 0.280 e. The summed E-state index contributed by atoms with van der Waals surface area (Å²) in [6, 6.07) is 22.7. The van der Waals surface area contributed by atoms with Crippen molar-refractivity contribution in [2.24, 2.45) is 0 Å². The second kappa shape index (κ2) is 8.79. The fourth-order valence-corrected chi connectivity index (χ4v) is 3.14. The Morgan fingerprint density at radius 3 is 1.70 bits per heavy atom. The Morgan fingerprint density at radius 1 is 0.700 bits per heavy atom. The average Bonchev–Trinajstić information content (AvgIpc) is 3.13. The second-order valence-electron chi connectivity index (χ2n) is 6.40. The van der Waals surface area contributed by atoms with Crippen molar-refractivity contribution in [2.75, 3.05) is 10.6 Å². The van der Waals surface area contributed by atoms with Crippen molar-refractivity contribution >= 4 is 63.7 Å². The van der Waals surface area contributed by atoms with Crippen molar-refractivity contribution in [3.63, 3.8) is 0 Å². The summed E-state index contributed by atoms with van der Waals surface area (Å²) in [4.78, 5) is 13.1. The van der Waals surface area contributed by atoms with Gasteiger partial charge in [0.25, 0.3) is 5.91 Å². The molecule has 0 amide bonds. The van der Waals surface area contributed by atoms with Gasteiger partial charge in [0.1, 0.15) is 5.82 Å². The summed E-state index contributed by atoms with van der Waals surface area (Å²) in [7, 11) is 0. The zero-order chi connectivity index (χ0) is 21.1. The Labute approximate surface area is 188 Å². The van der Waals surface area contributed by atoms with E-state index in [1.54, 1.807) is 54.6 Å². The third kappa shape index (κ3) is 4.76. The predicted molar refractivity (Wildman–Crippen MR) is 123 cm³/mol. The highest BCUT2D eigenvalue weighted by molar-refractivity contribution is 6.31. The van der Waals surface area contributed by atoms with Crippen LogP contribution in [0.2, 0.25) is 15.1 Å². The topological polar surface area (TPSA) is 59.0 Å². The highest BCUT2D eigenvalue weighted by Gasteiger charge is 2.17. The molecular formula is C22H15Cl3N4O. The number of aromatic nitrogens is 2. The molecule has 0 aliphatic heterocycles. The van der Waals surface area contributed by atoms with Crippen LogP contribution in [-0.4, -0.2) is 15.7 Å². The zero-order valence-corrected chi connectivity index (χ0v) is 17.7. The molecule has 1 aromatic heterocycles. The van der Waals surface area contributed by atoms with Crippen LogP contribution in [0.1, 0.15) is 10.4 Å². The maximum Gasteiger partial charge on any atom is 0.280 e. The van der Waals surface area contributed by atoms with Gasteiger partial charge < -0.3 is 10.6 Å². The van der Waals surface area contributed by atoms with Gasteiger partial charge >= 0.3 is 0 Å². The van der Waals surface area contributed by atoms with Gasteiger partial charge in [-0.2, -0.15) is 4.68 Å². The van der Waals surface area contributed by atoms with Gasteiger partial charge in [-0.05, 0) is 72.8 Å². The number of hydrogen-bond acceptors (Lipinski definition) is 4. The monoisotopic (exact) mass is 456 g/mol. The van der Waals surface area contributed by atoms with Crippen molar-refractivity contribution in [3.05, 3.63) is 99.5 Å². The van der Waals surface area contributed by atoms with Gasteiger partial charge in [0.15, 0.2) is 5.82 Å². The van der Waals surface area contributed by atoms with Crippen LogP contribution in [0, 0.1) is 0 Å². The fraction of sp³-hybridized carbons (Fsp3) is 0.